The molecule has 3 rings (SSSR count). The molecule has 1 aliphatic rings. The first-order valence-corrected chi connectivity index (χ1v) is 15.3. The predicted molar refractivity (Wildman–Crippen MR) is 144 cm³/mol. The van der Waals surface area contributed by atoms with E-state index >= 15 is 4.39 Å². The van der Waals surface area contributed by atoms with Crippen LogP contribution in [0.2, 0.25) is 16.6 Å². The number of benzene rings is 2. The van der Waals surface area contributed by atoms with E-state index in [9.17, 15) is 10.2 Å². The van der Waals surface area contributed by atoms with Crippen LogP contribution in [0, 0.1) is 5.82 Å². The van der Waals surface area contributed by atoms with Crippen LogP contribution in [0.25, 0.3) is 0 Å². The summed E-state index contributed by atoms with van der Waals surface area (Å²) in [4.78, 5) is 1.93. The van der Waals surface area contributed by atoms with Crippen LogP contribution in [0.1, 0.15) is 84.5 Å². The number of halogens is 1. The molecule has 1 saturated heterocycles. The van der Waals surface area contributed by atoms with Crippen molar-refractivity contribution in [3.8, 4) is 5.75 Å². The van der Waals surface area contributed by atoms with Gasteiger partial charge in [0.25, 0.3) is 8.32 Å². The molecule has 4 nitrogen and oxygen atoms in total. The minimum absolute atomic E-state index is 0.278. The Morgan fingerprint density at radius 3 is 2.06 bits per heavy atom. The first kappa shape index (κ1) is 27.8. The first-order valence-electron chi connectivity index (χ1n) is 13.1. The van der Waals surface area contributed by atoms with Crippen molar-refractivity contribution in [2.45, 2.75) is 102 Å². The highest BCUT2D eigenvalue weighted by Crippen LogP contribution is 2.43. The third-order valence-corrected chi connectivity index (χ3v) is 14.1. The van der Waals surface area contributed by atoms with E-state index in [1.54, 1.807) is 12.1 Å². The number of hydrogen-bond donors (Lipinski definition) is 2. The lowest BCUT2D eigenvalue weighted by molar-refractivity contribution is -0.0821. The van der Waals surface area contributed by atoms with Gasteiger partial charge < -0.3 is 14.6 Å². The largest absolute Gasteiger partial charge is 0.541 e. The van der Waals surface area contributed by atoms with Crippen LogP contribution in [-0.2, 0) is 0 Å². The van der Waals surface area contributed by atoms with Crippen molar-refractivity contribution in [2.75, 3.05) is 6.54 Å². The molecule has 0 saturated carbocycles. The number of aliphatic hydroxyl groups excluding tert-OH is 2. The smallest absolute Gasteiger partial charge is 0.258 e. The summed E-state index contributed by atoms with van der Waals surface area (Å²) < 4.78 is 21.8. The van der Waals surface area contributed by atoms with Crippen LogP contribution in [0.4, 0.5) is 4.39 Å². The van der Waals surface area contributed by atoms with Gasteiger partial charge in [-0.3, -0.25) is 4.90 Å². The fourth-order valence-corrected chi connectivity index (χ4v) is 11.5. The summed E-state index contributed by atoms with van der Waals surface area (Å²) in [5.41, 5.74) is 2.76. The lowest BCUT2D eigenvalue weighted by Crippen LogP contribution is -2.50. The van der Waals surface area contributed by atoms with E-state index in [-0.39, 0.29) is 11.8 Å². The molecule has 0 bridgehead atoms. The molecule has 6 heteroatoms. The molecule has 4 atom stereocenters. The predicted octanol–water partition coefficient (Wildman–Crippen LogP) is 7.00. The van der Waals surface area contributed by atoms with Gasteiger partial charge in [0.05, 0.1) is 6.10 Å². The van der Waals surface area contributed by atoms with E-state index in [1.807, 2.05) is 30.0 Å². The third kappa shape index (κ3) is 5.82. The molecule has 194 valence electrons. The Hall–Kier alpha value is -1.73. The molecule has 2 aromatic carbocycles. The lowest BCUT2D eigenvalue weighted by Gasteiger charge is -2.42. The van der Waals surface area contributed by atoms with Gasteiger partial charge in [0, 0.05) is 12.6 Å². The highest BCUT2D eigenvalue weighted by Gasteiger charge is 2.47. The van der Waals surface area contributed by atoms with Crippen LogP contribution in [0.15, 0.2) is 48.5 Å². The molecule has 0 aromatic heterocycles. The van der Waals surface area contributed by atoms with Gasteiger partial charge in [-0.1, -0.05) is 77.9 Å². The first-order chi connectivity index (χ1) is 16.5. The van der Waals surface area contributed by atoms with Crippen LogP contribution in [-0.4, -0.2) is 42.2 Å². The molecule has 2 N–H and O–H groups in total. The summed E-state index contributed by atoms with van der Waals surface area (Å²) in [5.74, 6) is 0.143. The Bertz CT molecular complexity index is 930. The van der Waals surface area contributed by atoms with Crippen LogP contribution >= 0.6 is 0 Å². The Morgan fingerprint density at radius 2 is 1.54 bits per heavy atom. The van der Waals surface area contributed by atoms with Gasteiger partial charge in [0.2, 0.25) is 0 Å². The van der Waals surface area contributed by atoms with Crippen molar-refractivity contribution in [1.82, 2.24) is 4.90 Å². The molecule has 35 heavy (non-hydrogen) atoms. The van der Waals surface area contributed by atoms with Crippen LogP contribution in [0.5, 0.6) is 5.75 Å². The number of rotatable bonds is 9. The summed E-state index contributed by atoms with van der Waals surface area (Å²) in [6.45, 7) is 15.6. The number of piperidine rings is 1. The van der Waals surface area contributed by atoms with E-state index in [1.165, 1.54) is 11.6 Å². The van der Waals surface area contributed by atoms with Crippen molar-refractivity contribution in [1.29, 1.82) is 0 Å². The van der Waals surface area contributed by atoms with Crippen molar-refractivity contribution >= 4 is 8.32 Å². The van der Waals surface area contributed by atoms with Crippen LogP contribution < -0.4 is 4.43 Å². The topological polar surface area (TPSA) is 52.9 Å². The second-order valence-corrected chi connectivity index (χ2v) is 16.5. The van der Waals surface area contributed by atoms with Gasteiger partial charge in [-0.2, -0.15) is 0 Å². The molecule has 0 spiro atoms. The molecule has 0 amide bonds. The average molecular weight is 502 g/mol. The van der Waals surface area contributed by atoms with Gasteiger partial charge in [-0.05, 0) is 65.6 Å². The Labute approximate surface area is 212 Å². The second kappa shape index (κ2) is 11.5. The molecule has 1 fully saturated rings. The lowest BCUT2D eigenvalue weighted by atomic mass is 9.87. The second-order valence-electron chi connectivity index (χ2n) is 11.1. The van der Waals surface area contributed by atoms with Crippen LogP contribution in [0.3, 0.4) is 0 Å². The molecule has 0 radical (unpaired) electrons. The standard InChI is InChI=1S/C29H44FNO3Si/c1-19(2)35(20(3)4,21(5)6)34-27-14-13-25(17-26(27)30)29(33)22(7)31-16-15-24(18-28(31)32)23-11-9-8-10-12-23/h8-14,17,19-22,24,28-29,32-33H,15-16,18H2,1-7H3. The Morgan fingerprint density at radius 1 is 0.943 bits per heavy atom. The molecule has 1 aliphatic heterocycles. The summed E-state index contributed by atoms with van der Waals surface area (Å²) in [7, 11) is -2.28. The molecule has 4 unspecified atom stereocenters. The number of aliphatic hydroxyl groups is 2. The van der Waals surface area contributed by atoms with Gasteiger partial charge >= 0.3 is 0 Å². The van der Waals surface area contributed by atoms with E-state index in [0.29, 0.717) is 41.1 Å². The fourth-order valence-electron chi connectivity index (χ4n) is 6.25. The number of likely N-dealkylation sites (tertiary alicyclic amines) is 1. The minimum Gasteiger partial charge on any atom is -0.541 e. The summed E-state index contributed by atoms with van der Waals surface area (Å²) in [5, 5.41) is 22.0. The van der Waals surface area contributed by atoms with Gasteiger partial charge in [-0.25, -0.2) is 4.39 Å². The zero-order valence-corrected chi connectivity index (χ0v) is 23.4. The Kier molecular flexibility index (Phi) is 9.19. The van der Waals surface area contributed by atoms with Gasteiger partial charge in [-0.15, -0.1) is 0 Å². The number of hydrogen-bond acceptors (Lipinski definition) is 4. The molecule has 0 aliphatic carbocycles. The zero-order valence-electron chi connectivity index (χ0n) is 22.4. The highest BCUT2D eigenvalue weighted by atomic mass is 28.4. The quantitative estimate of drug-likeness (QED) is 0.363. The van der Waals surface area contributed by atoms with Gasteiger partial charge in [0.1, 0.15) is 12.0 Å². The summed E-state index contributed by atoms with van der Waals surface area (Å²) in [6.07, 6.45) is -0.0373. The van der Waals surface area contributed by atoms with E-state index in [2.05, 4.69) is 53.7 Å². The average Bonchev–Trinajstić information content (AvgIpc) is 2.82. The van der Waals surface area contributed by atoms with Crippen molar-refractivity contribution in [3.05, 3.63) is 65.5 Å². The van der Waals surface area contributed by atoms with Gasteiger partial charge in [0.15, 0.2) is 5.82 Å². The summed E-state index contributed by atoms with van der Waals surface area (Å²) in [6, 6.07) is 14.8. The zero-order chi connectivity index (χ0) is 25.9. The molecule has 1 heterocycles. The normalized spacial score (nSPS) is 21.5. The van der Waals surface area contributed by atoms with E-state index < -0.39 is 26.5 Å². The maximum Gasteiger partial charge on any atom is 0.258 e. The number of nitrogens with zero attached hydrogens (tertiary/aromatic N) is 1. The fraction of sp³-hybridized carbons (Fsp3) is 0.586. The third-order valence-electron chi connectivity index (χ3n) is 8.16. The van der Waals surface area contributed by atoms with E-state index in [4.69, 9.17) is 4.43 Å². The SMILES string of the molecule is CC(C(O)c1ccc(O[Si](C(C)C)(C(C)C)C(C)C)c(F)c1)N1CCC(c2ccccc2)CC1O. The minimum atomic E-state index is -2.28. The Balaban J connectivity index is 1.73. The van der Waals surface area contributed by atoms with Crippen molar-refractivity contribution < 1.29 is 19.0 Å². The molecular formula is C29H44FNO3Si. The highest BCUT2D eigenvalue weighted by molar-refractivity contribution is 6.78. The van der Waals surface area contributed by atoms with E-state index in [0.717, 1.165) is 6.42 Å². The van der Waals surface area contributed by atoms with Crippen molar-refractivity contribution in [3.63, 3.8) is 0 Å². The molecular weight excluding hydrogens is 457 g/mol. The maximum atomic E-state index is 15.3. The van der Waals surface area contributed by atoms with Crippen molar-refractivity contribution in [2.24, 2.45) is 0 Å². The maximum absolute atomic E-state index is 15.3. The summed E-state index contributed by atoms with van der Waals surface area (Å²) >= 11 is 0. The monoisotopic (exact) mass is 501 g/mol. The molecule has 2 aromatic rings.